The number of rotatable bonds is 8. The molecule has 4 rings (SSSR count). The first-order valence-corrected chi connectivity index (χ1v) is 12.2. The van der Waals surface area contributed by atoms with Crippen molar-refractivity contribution in [3.05, 3.63) is 18.1 Å². The maximum atomic E-state index is 11.4. The van der Waals surface area contributed by atoms with Gasteiger partial charge in [0.25, 0.3) is 0 Å². The van der Waals surface area contributed by atoms with E-state index in [2.05, 4.69) is 39.6 Å². The number of hydrogen-bond donors (Lipinski definition) is 0. The van der Waals surface area contributed by atoms with E-state index in [9.17, 15) is 4.79 Å². The molecule has 30 heavy (non-hydrogen) atoms. The van der Waals surface area contributed by atoms with Crippen molar-refractivity contribution in [2.75, 3.05) is 37.6 Å². The molecule has 0 N–H and O–H groups in total. The Kier molecular flexibility index (Phi) is 7.04. The SMILES string of the molecule is CCCC(CC)N1CC2CCC(C1)N2c1ccnc(C2CCN(CC(C)=O)CC2)n1. The van der Waals surface area contributed by atoms with Crippen LogP contribution in [0.3, 0.4) is 0 Å². The molecule has 1 aromatic heterocycles. The number of carbonyl (C=O) groups is 1. The molecule has 3 aliphatic heterocycles. The number of aromatic nitrogens is 2. The molecule has 0 spiro atoms. The maximum Gasteiger partial charge on any atom is 0.143 e. The Hall–Kier alpha value is -1.53. The van der Waals surface area contributed by atoms with Gasteiger partial charge in [-0.3, -0.25) is 14.6 Å². The monoisotopic (exact) mass is 413 g/mol. The molecular weight excluding hydrogens is 374 g/mol. The third-order valence-corrected chi connectivity index (χ3v) is 7.44. The summed E-state index contributed by atoms with van der Waals surface area (Å²) in [7, 11) is 0. The van der Waals surface area contributed by atoms with Crippen LogP contribution in [0.25, 0.3) is 0 Å². The summed E-state index contributed by atoms with van der Waals surface area (Å²) in [5, 5.41) is 0. The third kappa shape index (κ3) is 4.70. The normalized spacial score (nSPS) is 26.8. The minimum absolute atomic E-state index is 0.255. The quantitative estimate of drug-likeness (QED) is 0.650. The number of piperidine rings is 1. The van der Waals surface area contributed by atoms with Crippen molar-refractivity contribution in [2.24, 2.45) is 0 Å². The number of anilines is 1. The smallest absolute Gasteiger partial charge is 0.143 e. The lowest BCUT2D eigenvalue weighted by atomic mass is 9.95. The molecule has 4 heterocycles. The number of hydrogen-bond acceptors (Lipinski definition) is 6. The molecule has 6 nitrogen and oxygen atoms in total. The molecule has 0 radical (unpaired) electrons. The van der Waals surface area contributed by atoms with Gasteiger partial charge in [0.15, 0.2) is 0 Å². The van der Waals surface area contributed by atoms with Crippen molar-refractivity contribution >= 4 is 11.6 Å². The number of carbonyl (C=O) groups excluding carboxylic acids is 1. The first-order valence-electron chi connectivity index (χ1n) is 12.2. The second kappa shape index (κ2) is 9.73. The Labute approximate surface area is 182 Å². The summed E-state index contributed by atoms with van der Waals surface area (Å²) < 4.78 is 0. The van der Waals surface area contributed by atoms with Gasteiger partial charge in [-0.1, -0.05) is 20.3 Å². The van der Waals surface area contributed by atoms with Crippen molar-refractivity contribution in [2.45, 2.75) is 89.8 Å². The van der Waals surface area contributed by atoms with Crippen molar-refractivity contribution in [3.8, 4) is 0 Å². The standard InChI is InChI=1S/C24H39N5O/c1-4-6-20(5-2)28-16-21-7-8-22(17-28)29(21)23-9-12-25-24(26-23)19-10-13-27(14-11-19)15-18(3)30/h9,12,19-22H,4-8,10-11,13-17H2,1-3H3. The minimum atomic E-state index is 0.255. The molecule has 0 aliphatic carbocycles. The van der Waals surface area contributed by atoms with Gasteiger partial charge in [0.1, 0.15) is 17.4 Å². The molecule has 3 atom stereocenters. The summed E-state index contributed by atoms with van der Waals surface area (Å²) in [6.07, 6.45) is 10.5. The van der Waals surface area contributed by atoms with E-state index >= 15 is 0 Å². The molecule has 3 unspecified atom stereocenters. The minimum Gasteiger partial charge on any atom is -0.348 e. The Morgan fingerprint density at radius 1 is 1.13 bits per heavy atom. The van der Waals surface area contributed by atoms with E-state index in [0.29, 0.717) is 24.5 Å². The highest BCUT2D eigenvalue weighted by molar-refractivity contribution is 5.77. The molecule has 3 aliphatic rings. The van der Waals surface area contributed by atoms with Crippen LogP contribution in [0.5, 0.6) is 0 Å². The summed E-state index contributed by atoms with van der Waals surface area (Å²) in [5.74, 6) is 2.82. The molecule has 0 saturated carbocycles. The van der Waals surface area contributed by atoms with Gasteiger partial charge < -0.3 is 4.90 Å². The van der Waals surface area contributed by atoms with E-state index < -0.39 is 0 Å². The number of likely N-dealkylation sites (tertiary alicyclic amines) is 2. The summed E-state index contributed by atoms with van der Waals surface area (Å²) in [4.78, 5) is 28.8. The molecule has 2 bridgehead atoms. The highest BCUT2D eigenvalue weighted by Gasteiger charge is 2.42. The van der Waals surface area contributed by atoms with E-state index in [4.69, 9.17) is 4.98 Å². The number of piperazine rings is 1. The zero-order valence-electron chi connectivity index (χ0n) is 19.1. The van der Waals surface area contributed by atoms with Gasteiger partial charge in [0, 0.05) is 43.3 Å². The van der Waals surface area contributed by atoms with Crippen molar-refractivity contribution in [1.82, 2.24) is 19.8 Å². The molecule has 3 saturated heterocycles. The average Bonchev–Trinajstić information content (AvgIpc) is 3.02. The first-order chi connectivity index (χ1) is 14.6. The van der Waals surface area contributed by atoms with Crippen LogP contribution in [0.1, 0.15) is 77.5 Å². The van der Waals surface area contributed by atoms with Crippen molar-refractivity contribution in [3.63, 3.8) is 0 Å². The molecule has 3 fully saturated rings. The average molecular weight is 414 g/mol. The molecule has 0 amide bonds. The molecule has 6 heteroatoms. The number of fused-ring (bicyclic) bond motifs is 2. The summed E-state index contributed by atoms with van der Waals surface area (Å²) in [6.45, 7) is 11.2. The lowest BCUT2D eigenvalue weighted by Crippen LogP contribution is -2.56. The Balaban J connectivity index is 1.42. The fraction of sp³-hybridized carbons (Fsp3) is 0.792. The molecule has 1 aromatic rings. The molecule has 0 aromatic carbocycles. The van der Waals surface area contributed by atoms with Crippen molar-refractivity contribution in [1.29, 1.82) is 0 Å². The van der Waals surface area contributed by atoms with Crippen LogP contribution in [-0.2, 0) is 4.79 Å². The highest BCUT2D eigenvalue weighted by atomic mass is 16.1. The third-order valence-electron chi connectivity index (χ3n) is 7.44. The number of Topliss-reactive ketones (excluding diaryl/α,β-unsaturated/α-hetero) is 1. The Bertz CT molecular complexity index is 703. The first kappa shape index (κ1) is 21.7. The van der Waals surface area contributed by atoms with Crippen LogP contribution >= 0.6 is 0 Å². The number of nitrogens with zero attached hydrogens (tertiary/aromatic N) is 5. The van der Waals surface area contributed by atoms with Gasteiger partial charge in [0.2, 0.25) is 0 Å². The second-order valence-electron chi connectivity index (χ2n) is 9.62. The van der Waals surface area contributed by atoms with Crippen LogP contribution in [0.15, 0.2) is 12.3 Å². The topological polar surface area (TPSA) is 52.6 Å². The van der Waals surface area contributed by atoms with Crippen LogP contribution in [0.2, 0.25) is 0 Å². The predicted octanol–water partition coefficient (Wildman–Crippen LogP) is 3.48. The van der Waals surface area contributed by atoms with Gasteiger partial charge in [-0.15, -0.1) is 0 Å². The van der Waals surface area contributed by atoms with Gasteiger partial charge in [-0.2, -0.15) is 0 Å². The summed E-state index contributed by atoms with van der Waals surface area (Å²) >= 11 is 0. The Morgan fingerprint density at radius 2 is 1.83 bits per heavy atom. The van der Waals surface area contributed by atoms with Gasteiger partial charge >= 0.3 is 0 Å². The van der Waals surface area contributed by atoms with E-state index in [1.54, 1.807) is 6.92 Å². The fourth-order valence-electron chi connectivity index (χ4n) is 5.95. The van der Waals surface area contributed by atoms with E-state index in [1.165, 1.54) is 45.2 Å². The predicted molar refractivity (Wildman–Crippen MR) is 121 cm³/mol. The Morgan fingerprint density at radius 3 is 2.43 bits per heavy atom. The van der Waals surface area contributed by atoms with Crippen molar-refractivity contribution < 1.29 is 4.79 Å². The number of ketones is 1. The summed E-state index contributed by atoms with van der Waals surface area (Å²) in [5.41, 5.74) is 0. The molecular formula is C24H39N5O. The molecule has 166 valence electrons. The van der Waals surface area contributed by atoms with Crippen LogP contribution in [-0.4, -0.2) is 76.4 Å². The van der Waals surface area contributed by atoms with Crippen LogP contribution < -0.4 is 4.90 Å². The van der Waals surface area contributed by atoms with E-state index in [-0.39, 0.29) is 5.78 Å². The zero-order chi connectivity index (χ0) is 21.1. The zero-order valence-corrected chi connectivity index (χ0v) is 19.1. The fourth-order valence-corrected chi connectivity index (χ4v) is 5.95. The van der Waals surface area contributed by atoms with Gasteiger partial charge in [-0.25, -0.2) is 9.97 Å². The lowest BCUT2D eigenvalue weighted by Gasteiger charge is -2.45. The largest absolute Gasteiger partial charge is 0.348 e. The van der Waals surface area contributed by atoms with Crippen LogP contribution in [0.4, 0.5) is 5.82 Å². The summed E-state index contributed by atoms with van der Waals surface area (Å²) in [6, 6.07) is 4.05. The highest BCUT2D eigenvalue weighted by Crippen LogP contribution is 2.36. The second-order valence-corrected chi connectivity index (χ2v) is 9.62. The van der Waals surface area contributed by atoms with Crippen LogP contribution in [0, 0.1) is 0 Å². The lowest BCUT2D eigenvalue weighted by molar-refractivity contribution is -0.118. The van der Waals surface area contributed by atoms with E-state index in [1.807, 2.05) is 6.20 Å². The van der Waals surface area contributed by atoms with Gasteiger partial charge in [-0.05, 0) is 64.6 Å². The van der Waals surface area contributed by atoms with Gasteiger partial charge in [0.05, 0.1) is 6.54 Å². The maximum absolute atomic E-state index is 11.4. The van der Waals surface area contributed by atoms with E-state index in [0.717, 1.165) is 43.6 Å².